The second-order valence-corrected chi connectivity index (χ2v) is 2.99. The van der Waals surface area contributed by atoms with Gasteiger partial charge < -0.3 is 10.8 Å². The minimum absolute atomic E-state index is 0.183. The van der Waals surface area contributed by atoms with Crippen LogP contribution in [0.15, 0.2) is 12.4 Å². The van der Waals surface area contributed by atoms with Crippen LogP contribution in [0.1, 0.15) is 17.2 Å². The molecule has 0 aliphatic heterocycles. The van der Waals surface area contributed by atoms with Gasteiger partial charge in [0.05, 0.1) is 11.1 Å². The number of rotatable bonds is 2. The van der Waals surface area contributed by atoms with E-state index >= 15 is 0 Å². The van der Waals surface area contributed by atoms with E-state index in [-0.39, 0.29) is 6.54 Å². The molecule has 1 heterocycles. The molecule has 0 saturated carbocycles. The van der Waals surface area contributed by atoms with Crippen LogP contribution in [0.5, 0.6) is 0 Å². The molecule has 0 bridgehead atoms. The van der Waals surface area contributed by atoms with E-state index in [9.17, 15) is 5.11 Å². The van der Waals surface area contributed by atoms with Crippen molar-refractivity contribution in [1.29, 1.82) is 0 Å². The zero-order valence-corrected chi connectivity index (χ0v) is 7.54. The van der Waals surface area contributed by atoms with Gasteiger partial charge in [-0.05, 0) is 12.5 Å². The van der Waals surface area contributed by atoms with Crippen molar-refractivity contribution in [3.8, 4) is 0 Å². The first-order chi connectivity index (χ1) is 5.66. The Morgan fingerprint density at radius 3 is 2.92 bits per heavy atom. The number of hydrogen-bond acceptors (Lipinski definition) is 3. The van der Waals surface area contributed by atoms with Crippen molar-refractivity contribution in [3.63, 3.8) is 0 Å². The highest BCUT2D eigenvalue weighted by molar-refractivity contribution is 6.31. The van der Waals surface area contributed by atoms with Gasteiger partial charge in [0.1, 0.15) is 0 Å². The monoisotopic (exact) mass is 186 g/mol. The van der Waals surface area contributed by atoms with Gasteiger partial charge in [0.25, 0.3) is 0 Å². The van der Waals surface area contributed by atoms with Crippen molar-refractivity contribution in [2.24, 2.45) is 5.73 Å². The van der Waals surface area contributed by atoms with E-state index in [2.05, 4.69) is 4.98 Å². The lowest BCUT2D eigenvalue weighted by molar-refractivity contribution is 0.185. The van der Waals surface area contributed by atoms with Gasteiger partial charge in [0.15, 0.2) is 0 Å². The van der Waals surface area contributed by atoms with Crippen LogP contribution in [0.4, 0.5) is 0 Å². The molecular formula is C8H11ClN2O. The maximum atomic E-state index is 9.41. The smallest absolute Gasteiger partial charge is 0.0930 e. The number of nitrogens with two attached hydrogens (primary N) is 1. The lowest BCUT2D eigenvalue weighted by Crippen LogP contribution is -2.13. The molecule has 1 aromatic rings. The molecule has 1 aromatic heterocycles. The highest BCUT2D eigenvalue weighted by atomic mass is 35.5. The quantitative estimate of drug-likeness (QED) is 0.726. The van der Waals surface area contributed by atoms with E-state index in [4.69, 9.17) is 17.3 Å². The highest BCUT2D eigenvalue weighted by Gasteiger charge is 2.10. The summed E-state index contributed by atoms with van der Waals surface area (Å²) in [6, 6.07) is 0. The Morgan fingerprint density at radius 2 is 2.33 bits per heavy atom. The Morgan fingerprint density at radius 1 is 1.67 bits per heavy atom. The van der Waals surface area contributed by atoms with Crippen molar-refractivity contribution >= 4 is 11.6 Å². The Balaban J connectivity index is 3.07. The predicted octanol–water partition coefficient (Wildman–Crippen LogP) is 1.04. The van der Waals surface area contributed by atoms with E-state index in [0.29, 0.717) is 10.6 Å². The minimum atomic E-state index is -0.670. The molecule has 1 atom stereocenters. The minimum Gasteiger partial charge on any atom is -0.387 e. The zero-order valence-electron chi connectivity index (χ0n) is 6.79. The van der Waals surface area contributed by atoms with Crippen LogP contribution in [0.3, 0.4) is 0 Å². The molecule has 0 spiro atoms. The number of hydrogen-bond donors (Lipinski definition) is 2. The van der Waals surface area contributed by atoms with Crippen molar-refractivity contribution in [2.45, 2.75) is 13.0 Å². The third kappa shape index (κ3) is 1.75. The molecule has 3 N–H and O–H groups in total. The van der Waals surface area contributed by atoms with Gasteiger partial charge in [-0.15, -0.1) is 0 Å². The fourth-order valence-corrected chi connectivity index (χ4v) is 1.14. The molecule has 0 amide bonds. The lowest BCUT2D eigenvalue weighted by atomic mass is 10.1. The van der Waals surface area contributed by atoms with Gasteiger partial charge in [-0.2, -0.15) is 0 Å². The summed E-state index contributed by atoms with van der Waals surface area (Å²) >= 11 is 5.80. The molecule has 1 unspecified atom stereocenters. The molecule has 12 heavy (non-hydrogen) atoms. The third-order valence-corrected chi connectivity index (χ3v) is 2.16. The average Bonchev–Trinajstić information content (AvgIpc) is 2.08. The van der Waals surface area contributed by atoms with Crippen molar-refractivity contribution in [1.82, 2.24) is 4.98 Å². The molecule has 0 radical (unpaired) electrons. The summed E-state index contributed by atoms with van der Waals surface area (Å²) in [5.74, 6) is 0. The maximum absolute atomic E-state index is 9.41. The average molecular weight is 187 g/mol. The largest absolute Gasteiger partial charge is 0.387 e. The van der Waals surface area contributed by atoms with Gasteiger partial charge in [0.2, 0.25) is 0 Å². The molecule has 0 aliphatic carbocycles. The van der Waals surface area contributed by atoms with Gasteiger partial charge in [-0.25, -0.2) is 0 Å². The van der Waals surface area contributed by atoms with E-state index < -0.39 is 6.10 Å². The summed E-state index contributed by atoms with van der Waals surface area (Å²) in [6.07, 6.45) is 2.46. The predicted molar refractivity (Wildman–Crippen MR) is 48.0 cm³/mol. The molecule has 0 fully saturated rings. The standard InChI is InChI=1S/C8H11ClN2O/c1-5-6(8(12)2-10)3-11-4-7(5)9/h3-4,8,12H,2,10H2,1H3. The van der Waals surface area contributed by atoms with E-state index in [1.165, 1.54) is 0 Å². The normalized spacial score (nSPS) is 13.0. The lowest BCUT2D eigenvalue weighted by Gasteiger charge is -2.11. The Hall–Kier alpha value is -0.640. The van der Waals surface area contributed by atoms with Crippen LogP contribution in [0, 0.1) is 6.92 Å². The molecule has 3 nitrogen and oxygen atoms in total. The van der Waals surface area contributed by atoms with E-state index in [1.807, 2.05) is 6.92 Å². The third-order valence-electron chi connectivity index (χ3n) is 1.78. The zero-order chi connectivity index (χ0) is 9.14. The Bertz CT molecular complexity index is 278. The Kier molecular flexibility index (Phi) is 3.03. The molecule has 0 aliphatic rings. The van der Waals surface area contributed by atoms with E-state index in [0.717, 1.165) is 5.56 Å². The summed E-state index contributed by atoms with van der Waals surface area (Å²) < 4.78 is 0. The summed E-state index contributed by atoms with van der Waals surface area (Å²) in [5.41, 5.74) is 6.84. The molecular weight excluding hydrogens is 176 g/mol. The van der Waals surface area contributed by atoms with Crippen LogP contribution in [-0.4, -0.2) is 16.6 Å². The Labute approximate surface area is 76.2 Å². The van der Waals surface area contributed by atoms with Crippen molar-refractivity contribution < 1.29 is 5.11 Å². The van der Waals surface area contributed by atoms with Gasteiger partial charge in [0, 0.05) is 24.5 Å². The first-order valence-electron chi connectivity index (χ1n) is 3.65. The van der Waals surface area contributed by atoms with Crippen LogP contribution in [0.2, 0.25) is 5.02 Å². The van der Waals surface area contributed by atoms with Crippen LogP contribution < -0.4 is 5.73 Å². The first-order valence-corrected chi connectivity index (χ1v) is 4.02. The SMILES string of the molecule is Cc1c(Cl)cncc1C(O)CN. The second kappa shape index (κ2) is 3.85. The summed E-state index contributed by atoms with van der Waals surface area (Å²) in [6.45, 7) is 2.01. The molecule has 4 heteroatoms. The van der Waals surface area contributed by atoms with Crippen LogP contribution in [-0.2, 0) is 0 Å². The van der Waals surface area contributed by atoms with Crippen LogP contribution >= 0.6 is 11.6 Å². The number of aliphatic hydroxyl groups excluding tert-OH is 1. The molecule has 66 valence electrons. The number of aromatic nitrogens is 1. The molecule has 0 aromatic carbocycles. The molecule has 0 saturated heterocycles. The van der Waals surface area contributed by atoms with Gasteiger partial charge in [-0.3, -0.25) is 4.98 Å². The fourth-order valence-electron chi connectivity index (χ4n) is 0.977. The topological polar surface area (TPSA) is 59.1 Å². The maximum Gasteiger partial charge on any atom is 0.0930 e. The van der Waals surface area contributed by atoms with Gasteiger partial charge in [-0.1, -0.05) is 11.6 Å². The first kappa shape index (κ1) is 9.45. The van der Waals surface area contributed by atoms with Crippen molar-refractivity contribution in [3.05, 3.63) is 28.5 Å². The summed E-state index contributed by atoms with van der Waals surface area (Å²) in [4.78, 5) is 3.87. The van der Waals surface area contributed by atoms with Crippen LogP contribution in [0.25, 0.3) is 0 Å². The molecule has 1 rings (SSSR count). The second-order valence-electron chi connectivity index (χ2n) is 2.59. The van der Waals surface area contributed by atoms with E-state index in [1.54, 1.807) is 12.4 Å². The number of aliphatic hydroxyl groups is 1. The summed E-state index contributed by atoms with van der Waals surface area (Å²) in [5, 5.41) is 9.97. The number of nitrogens with zero attached hydrogens (tertiary/aromatic N) is 1. The van der Waals surface area contributed by atoms with Crippen molar-refractivity contribution in [2.75, 3.05) is 6.54 Å². The summed E-state index contributed by atoms with van der Waals surface area (Å²) in [7, 11) is 0. The number of pyridine rings is 1. The van der Waals surface area contributed by atoms with Gasteiger partial charge >= 0.3 is 0 Å². The highest BCUT2D eigenvalue weighted by Crippen LogP contribution is 2.21. The fraction of sp³-hybridized carbons (Fsp3) is 0.375. The number of halogens is 1.